The Morgan fingerprint density at radius 1 is 1.00 bits per heavy atom. The standard InChI is InChI=1S/C16H12O3/c1-10-14(11-6-3-2-4-7-11)16(18)19-13-9-5-8-12(17)15(10)13/h2-9,17H,1H3. The summed E-state index contributed by atoms with van der Waals surface area (Å²) >= 11 is 0. The van der Waals surface area contributed by atoms with Gasteiger partial charge in [-0.1, -0.05) is 36.4 Å². The highest BCUT2D eigenvalue weighted by Gasteiger charge is 2.14. The molecule has 0 atom stereocenters. The number of rotatable bonds is 1. The second kappa shape index (κ2) is 4.28. The average Bonchev–Trinajstić information content (AvgIpc) is 2.39. The smallest absolute Gasteiger partial charge is 0.344 e. The lowest BCUT2D eigenvalue weighted by Gasteiger charge is -2.08. The van der Waals surface area contributed by atoms with Crippen LogP contribution in [0.5, 0.6) is 5.75 Å². The molecule has 0 bridgehead atoms. The first-order valence-electron chi connectivity index (χ1n) is 5.99. The zero-order valence-electron chi connectivity index (χ0n) is 10.4. The maximum absolute atomic E-state index is 12.1. The predicted octanol–water partition coefficient (Wildman–Crippen LogP) is 3.47. The largest absolute Gasteiger partial charge is 0.507 e. The van der Waals surface area contributed by atoms with Crippen molar-refractivity contribution < 1.29 is 9.52 Å². The van der Waals surface area contributed by atoms with Crippen molar-refractivity contribution in [2.24, 2.45) is 0 Å². The number of phenolic OH excluding ortho intramolecular Hbond substituents is 1. The molecule has 19 heavy (non-hydrogen) atoms. The van der Waals surface area contributed by atoms with E-state index in [4.69, 9.17) is 4.42 Å². The van der Waals surface area contributed by atoms with Gasteiger partial charge in [0.15, 0.2) is 0 Å². The van der Waals surface area contributed by atoms with Crippen molar-refractivity contribution in [3.05, 3.63) is 64.5 Å². The number of hydrogen-bond donors (Lipinski definition) is 1. The van der Waals surface area contributed by atoms with Crippen molar-refractivity contribution in [1.29, 1.82) is 0 Å². The Morgan fingerprint density at radius 3 is 2.47 bits per heavy atom. The van der Waals surface area contributed by atoms with Gasteiger partial charge < -0.3 is 9.52 Å². The fourth-order valence-corrected chi connectivity index (χ4v) is 2.35. The van der Waals surface area contributed by atoms with Crippen molar-refractivity contribution in [3.8, 4) is 16.9 Å². The maximum Gasteiger partial charge on any atom is 0.344 e. The quantitative estimate of drug-likeness (QED) is 0.674. The molecule has 0 radical (unpaired) electrons. The molecule has 3 aromatic rings. The van der Waals surface area contributed by atoms with E-state index in [1.165, 1.54) is 0 Å². The second-order valence-electron chi connectivity index (χ2n) is 4.41. The van der Waals surface area contributed by atoms with Crippen LogP contribution >= 0.6 is 0 Å². The first kappa shape index (κ1) is 11.5. The summed E-state index contributed by atoms with van der Waals surface area (Å²) in [7, 11) is 0. The number of hydrogen-bond acceptors (Lipinski definition) is 3. The van der Waals surface area contributed by atoms with E-state index in [-0.39, 0.29) is 11.4 Å². The molecule has 3 nitrogen and oxygen atoms in total. The Labute approximate surface area is 109 Å². The fraction of sp³-hybridized carbons (Fsp3) is 0.0625. The Balaban J connectivity index is 2.45. The van der Waals surface area contributed by atoms with E-state index in [1.54, 1.807) is 18.2 Å². The first-order chi connectivity index (χ1) is 9.18. The zero-order valence-corrected chi connectivity index (χ0v) is 10.4. The van der Waals surface area contributed by atoms with Gasteiger partial charge in [-0.2, -0.15) is 0 Å². The highest BCUT2D eigenvalue weighted by molar-refractivity contribution is 5.91. The van der Waals surface area contributed by atoms with E-state index in [0.717, 1.165) is 11.1 Å². The van der Waals surface area contributed by atoms with Crippen molar-refractivity contribution in [2.75, 3.05) is 0 Å². The molecule has 0 spiro atoms. The van der Waals surface area contributed by atoms with Crippen molar-refractivity contribution in [3.63, 3.8) is 0 Å². The van der Waals surface area contributed by atoms with Gasteiger partial charge in [-0.15, -0.1) is 0 Å². The minimum Gasteiger partial charge on any atom is -0.507 e. The van der Waals surface area contributed by atoms with E-state index in [9.17, 15) is 9.90 Å². The predicted molar refractivity (Wildman–Crippen MR) is 74.3 cm³/mol. The summed E-state index contributed by atoms with van der Waals surface area (Å²) in [6, 6.07) is 14.2. The number of aromatic hydroxyl groups is 1. The third kappa shape index (κ3) is 1.80. The summed E-state index contributed by atoms with van der Waals surface area (Å²) in [5, 5.41) is 10.5. The van der Waals surface area contributed by atoms with Crippen LogP contribution in [0.15, 0.2) is 57.7 Å². The summed E-state index contributed by atoms with van der Waals surface area (Å²) in [5.74, 6) is 0.121. The van der Waals surface area contributed by atoms with Gasteiger partial charge in [-0.05, 0) is 30.2 Å². The van der Waals surface area contributed by atoms with E-state index in [0.29, 0.717) is 16.5 Å². The minimum atomic E-state index is -0.387. The Morgan fingerprint density at radius 2 is 1.74 bits per heavy atom. The third-order valence-electron chi connectivity index (χ3n) is 3.22. The molecule has 0 saturated heterocycles. The van der Waals surface area contributed by atoms with Gasteiger partial charge in [0.25, 0.3) is 0 Å². The van der Waals surface area contributed by atoms with Gasteiger partial charge in [0.2, 0.25) is 0 Å². The molecule has 1 aromatic heterocycles. The van der Waals surface area contributed by atoms with Crippen molar-refractivity contribution in [2.45, 2.75) is 6.92 Å². The van der Waals surface area contributed by atoms with Crippen molar-refractivity contribution in [1.82, 2.24) is 0 Å². The molecule has 0 unspecified atom stereocenters. The van der Waals surface area contributed by atoms with Crippen LogP contribution in [0.1, 0.15) is 5.56 Å². The summed E-state index contributed by atoms with van der Waals surface area (Å²) in [6.45, 7) is 1.82. The number of phenols is 1. The van der Waals surface area contributed by atoms with Gasteiger partial charge in [-0.25, -0.2) is 4.79 Å². The fourth-order valence-electron chi connectivity index (χ4n) is 2.35. The molecular formula is C16H12O3. The number of fused-ring (bicyclic) bond motifs is 1. The molecule has 0 aliphatic carbocycles. The van der Waals surface area contributed by atoms with Crippen LogP contribution in [0.3, 0.4) is 0 Å². The SMILES string of the molecule is Cc1c(-c2ccccc2)c(=O)oc2cccc(O)c12. The molecule has 0 fully saturated rings. The van der Waals surface area contributed by atoms with E-state index in [1.807, 2.05) is 37.3 Å². The third-order valence-corrected chi connectivity index (χ3v) is 3.22. The number of benzene rings is 2. The van der Waals surface area contributed by atoms with Crippen LogP contribution in [0.4, 0.5) is 0 Å². The van der Waals surface area contributed by atoms with Crippen LogP contribution in [0.2, 0.25) is 0 Å². The summed E-state index contributed by atoms with van der Waals surface area (Å²) in [6.07, 6.45) is 0. The number of aryl methyl sites for hydroxylation is 1. The van der Waals surface area contributed by atoms with Crippen LogP contribution in [0, 0.1) is 6.92 Å². The van der Waals surface area contributed by atoms with Gasteiger partial charge in [0, 0.05) is 0 Å². The maximum atomic E-state index is 12.1. The summed E-state index contributed by atoms with van der Waals surface area (Å²) in [4.78, 5) is 12.1. The van der Waals surface area contributed by atoms with Crippen LogP contribution < -0.4 is 5.63 Å². The van der Waals surface area contributed by atoms with Crippen LogP contribution in [-0.2, 0) is 0 Å². The monoisotopic (exact) mass is 252 g/mol. The average molecular weight is 252 g/mol. The van der Waals surface area contributed by atoms with Crippen LogP contribution in [0.25, 0.3) is 22.1 Å². The molecule has 1 N–H and O–H groups in total. The Kier molecular flexibility index (Phi) is 2.60. The second-order valence-corrected chi connectivity index (χ2v) is 4.41. The molecule has 1 heterocycles. The minimum absolute atomic E-state index is 0.121. The van der Waals surface area contributed by atoms with E-state index < -0.39 is 0 Å². The molecule has 2 aromatic carbocycles. The highest BCUT2D eigenvalue weighted by Crippen LogP contribution is 2.31. The molecule has 0 saturated carbocycles. The van der Waals surface area contributed by atoms with Gasteiger partial charge >= 0.3 is 5.63 Å². The first-order valence-corrected chi connectivity index (χ1v) is 5.99. The molecule has 0 amide bonds. The van der Waals surface area contributed by atoms with E-state index >= 15 is 0 Å². The Bertz CT molecular complexity index is 801. The molecule has 3 heteroatoms. The van der Waals surface area contributed by atoms with Crippen LogP contribution in [-0.4, -0.2) is 5.11 Å². The molecule has 3 rings (SSSR count). The molecule has 0 aliphatic rings. The lowest BCUT2D eigenvalue weighted by atomic mass is 9.99. The zero-order chi connectivity index (χ0) is 13.4. The summed E-state index contributed by atoms with van der Waals surface area (Å²) in [5.41, 5.74) is 2.04. The van der Waals surface area contributed by atoms with E-state index in [2.05, 4.69) is 0 Å². The normalized spacial score (nSPS) is 10.8. The molecular weight excluding hydrogens is 240 g/mol. The lowest BCUT2D eigenvalue weighted by molar-refractivity contribution is 0.478. The van der Waals surface area contributed by atoms with Gasteiger partial charge in [0.1, 0.15) is 11.3 Å². The lowest BCUT2D eigenvalue weighted by Crippen LogP contribution is -2.05. The molecule has 94 valence electrons. The van der Waals surface area contributed by atoms with Crippen molar-refractivity contribution >= 4 is 11.0 Å². The highest BCUT2D eigenvalue weighted by atomic mass is 16.4. The summed E-state index contributed by atoms with van der Waals surface area (Å²) < 4.78 is 5.29. The topological polar surface area (TPSA) is 50.4 Å². The molecule has 0 aliphatic heterocycles. The van der Waals surface area contributed by atoms with Gasteiger partial charge in [-0.3, -0.25) is 0 Å². The van der Waals surface area contributed by atoms with Gasteiger partial charge in [0.05, 0.1) is 10.9 Å². The Hall–Kier alpha value is -2.55.